The summed E-state index contributed by atoms with van der Waals surface area (Å²) in [5.41, 5.74) is 0. The molecule has 0 rings (SSSR count). The maximum atomic E-state index is 9.96. The van der Waals surface area contributed by atoms with Gasteiger partial charge in [0.2, 0.25) is 0 Å². The molecule has 0 aromatic heterocycles. The Balaban J connectivity index is 3.91. The van der Waals surface area contributed by atoms with Gasteiger partial charge in [0, 0.05) is 26.3 Å². The van der Waals surface area contributed by atoms with E-state index in [4.69, 9.17) is 4.74 Å². The summed E-state index contributed by atoms with van der Waals surface area (Å²) in [6.07, 6.45) is 3.79. The number of aliphatic hydroxyl groups is 1. The highest BCUT2D eigenvalue weighted by Crippen LogP contribution is 2.12. The lowest BCUT2D eigenvalue weighted by Crippen LogP contribution is -2.41. The molecular weight excluding hydrogens is 190 g/mol. The minimum atomic E-state index is -0.187. The van der Waals surface area contributed by atoms with Gasteiger partial charge in [-0.15, -0.1) is 0 Å². The lowest BCUT2D eigenvalue weighted by atomic mass is 10.0. The SMILES string of the molecule is CCCC(O)C(CC)N(C)CCCOC. The maximum absolute atomic E-state index is 9.96. The van der Waals surface area contributed by atoms with E-state index in [1.165, 1.54) is 0 Å². The summed E-state index contributed by atoms with van der Waals surface area (Å²) in [6, 6.07) is 0.293. The van der Waals surface area contributed by atoms with E-state index in [9.17, 15) is 5.11 Å². The van der Waals surface area contributed by atoms with Gasteiger partial charge in [-0.2, -0.15) is 0 Å². The van der Waals surface area contributed by atoms with Crippen LogP contribution in [-0.4, -0.2) is 49.5 Å². The summed E-state index contributed by atoms with van der Waals surface area (Å²) in [6.45, 7) is 6.04. The third-order valence-electron chi connectivity index (χ3n) is 2.87. The van der Waals surface area contributed by atoms with Crippen LogP contribution in [0.25, 0.3) is 0 Å². The first-order valence-corrected chi connectivity index (χ1v) is 6.04. The third kappa shape index (κ3) is 6.13. The van der Waals surface area contributed by atoms with Gasteiger partial charge in [0.1, 0.15) is 0 Å². The fourth-order valence-corrected chi connectivity index (χ4v) is 1.99. The molecule has 3 heteroatoms. The molecule has 0 aromatic rings. The van der Waals surface area contributed by atoms with Crippen molar-refractivity contribution in [2.24, 2.45) is 0 Å². The Bertz CT molecular complexity index is 142. The van der Waals surface area contributed by atoms with E-state index in [1.54, 1.807) is 7.11 Å². The molecule has 0 spiro atoms. The van der Waals surface area contributed by atoms with Gasteiger partial charge in [-0.1, -0.05) is 20.3 Å². The van der Waals surface area contributed by atoms with Crippen molar-refractivity contribution < 1.29 is 9.84 Å². The Morgan fingerprint density at radius 1 is 1.33 bits per heavy atom. The molecule has 0 heterocycles. The number of nitrogens with zero attached hydrogens (tertiary/aromatic N) is 1. The fourth-order valence-electron chi connectivity index (χ4n) is 1.99. The van der Waals surface area contributed by atoms with E-state index in [0.29, 0.717) is 6.04 Å². The van der Waals surface area contributed by atoms with E-state index in [1.807, 2.05) is 0 Å². The number of aliphatic hydroxyl groups excluding tert-OH is 1. The summed E-state index contributed by atoms with van der Waals surface area (Å²) >= 11 is 0. The second-order valence-corrected chi connectivity index (χ2v) is 4.16. The van der Waals surface area contributed by atoms with E-state index in [0.717, 1.165) is 38.8 Å². The topological polar surface area (TPSA) is 32.7 Å². The van der Waals surface area contributed by atoms with Crippen LogP contribution >= 0.6 is 0 Å². The molecule has 92 valence electrons. The molecule has 2 atom stereocenters. The van der Waals surface area contributed by atoms with Gasteiger partial charge in [0.15, 0.2) is 0 Å². The highest BCUT2D eigenvalue weighted by Gasteiger charge is 2.20. The summed E-state index contributed by atoms with van der Waals surface area (Å²) in [4.78, 5) is 2.25. The summed E-state index contributed by atoms with van der Waals surface area (Å²) in [5, 5.41) is 9.96. The first-order chi connectivity index (χ1) is 7.17. The third-order valence-corrected chi connectivity index (χ3v) is 2.87. The van der Waals surface area contributed by atoms with Crippen LogP contribution in [0.5, 0.6) is 0 Å². The number of hydrogen-bond acceptors (Lipinski definition) is 3. The van der Waals surface area contributed by atoms with Gasteiger partial charge < -0.3 is 14.7 Å². The summed E-state index contributed by atoms with van der Waals surface area (Å²) in [7, 11) is 3.81. The molecule has 1 N–H and O–H groups in total. The van der Waals surface area contributed by atoms with Crippen LogP contribution in [0.4, 0.5) is 0 Å². The zero-order valence-electron chi connectivity index (χ0n) is 10.7. The van der Waals surface area contributed by atoms with Gasteiger partial charge in [-0.25, -0.2) is 0 Å². The second kappa shape index (κ2) is 9.13. The van der Waals surface area contributed by atoms with Crippen LogP contribution in [0.1, 0.15) is 39.5 Å². The number of ether oxygens (including phenoxy) is 1. The van der Waals surface area contributed by atoms with Gasteiger partial charge in [0.05, 0.1) is 6.10 Å². The van der Waals surface area contributed by atoms with Gasteiger partial charge in [-0.3, -0.25) is 0 Å². The predicted octanol–water partition coefficient (Wildman–Crippen LogP) is 1.89. The van der Waals surface area contributed by atoms with E-state index < -0.39 is 0 Å². The first-order valence-electron chi connectivity index (χ1n) is 6.04. The van der Waals surface area contributed by atoms with Crippen LogP contribution in [0.3, 0.4) is 0 Å². The van der Waals surface area contributed by atoms with Crippen molar-refractivity contribution in [2.75, 3.05) is 27.3 Å². The zero-order chi connectivity index (χ0) is 11.7. The molecule has 0 aliphatic heterocycles. The lowest BCUT2D eigenvalue weighted by molar-refractivity contribution is 0.0497. The average molecular weight is 217 g/mol. The first kappa shape index (κ1) is 14.9. The molecule has 0 bridgehead atoms. The van der Waals surface area contributed by atoms with Gasteiger partial charge in [-0.05, 0) is 26.3 Å². The Morgan fingerprint density at radius 3 is 2.47 bits per heavy atom. The number of likely N-dealkylation sites (N-methyl/N-ethyl adjacent to an activating group) is 1. The smallest absolute Gasteiger partial charge is 0.0695 e. The molecule has 0 radical (unpaired) electrons. The second-order valence-electron chi connectivity index (χ2n) is 4.16. The molecule has 0 saturated carbocycles. The van der Waals surface area contributed by atoms with E-state index >= 15 is 0 Å². The molecule has 2 unspecified atom stereocenters. The Hall–Kier alpha value is -0.120. The van der Waals surface area contributed by atoms with Crippen molar-refractivity contribution in [3.63, 3.8) is 0 Å². The molecule has 0 aliphatic rings. The van der Waals surface area contributed by atoms with Crippen LogP contribution in [0.2, 0.25) is 0 Å². The molecule has 0 fully saturated rings. The summed E-state index contributed by atoms with van der Waals surface area (Å²) < 4.78 is 5.02. The largest absolute Gasteiger partial charge is 0.391 e. The zero-order valence-corrected chi connectivity index (χ0v) is 10.7. The minimum Gasteiger partial charge on any atom is -0.391 e. The Kier molecular flexibility index (Phi) is 9.06. The van der Waals surface area contributed by atoms with Crippen molar-refractivity contribution in [1.29, 1.82) is 0 Å². The molecule has 15 heavy (non-hydrogen) atoms. The Morgan fingerprint density at radius 2 is 2.00 bits per heavy atom. The van der Waals surface area contributed by atoms with Crippen LogP contribution in [0, 0.1) is 0 Å². The van der Waals surface area contributed by atoms with Crippen LogP contribution in [-0.2, 0) is 4.74 Å². The molecule has 0 amide bonds. The van der Waals surface area contributed by atoms with Crippen molar-refractivity contribution in [3.8, 4) is 0 Å². The van der Waals surface area contributed by atoms with Crippen molar-refractivity contribution in [3.05, 3.63) is 0 Å². The van der Waals surface area contributed by atoms with Crippen LogP contribution < -0.4 is 0 Å². The highest BCUT2D eigenvalue weighted by molar-refractivity contribution is 4.75. The van der Waals surface area contributed by atoms with Gasteiger partial charge in [0.25, 0.3) is 0 Å². The maximum Gasteiger partial charge on any atom is 0.0695 e. The van der Waals surface area contributed by atoms with Gasteiger partial charge >= 0.3 is 0 Å². The minimum absolute atomic E-state index is 0.187. The number of hydrogen-bond donors (Lipinski definition) is 1. The number of methoxy groups -OCH3 is 1. The molecule has 3 nitrogen and oxygen atoms in total. The molecule has 0 saturated heterocycles. The predicted molar refractivity (Wildman–Crippen MR) is 64.1 cm³/mol. The molecule has 0 aromatic carbocycles. The standard InChI is InChI=1S/C12H27NO2/c1-5-8-12(14)11(6-2)13(3)9-7-10-15-4/h11-12,14H,5-10H2,1-4H3. The highest BCUT2D eigenvalue weighted by atomic mass is 16.5. The molecular formula is C12H27NO2. The molecule has 0 aliphatic carbocycles. The fraction of sp³-hybridized carbons (Fsp3) is 1.00. The normalized spacial score (nSPS) is 15.6. The van der Waals surface area contributed by atoms with E-state index in [-0.39, 0.29) is 6.10 Å². The summed E-state index contributed by atoms with van der Waals surface area (Å²) in [5.74, 6) is 0. The monoisotopic (exact) mass is 217 g/mol. The van der Waals surface area contributed by atoms with Crippen LogP contribution in [0.15, 0.2) is 0 Å². The Labute approximate surface area is 94.4 Å². The quantitative estimate of drug-likeness (QED) is 0.599. The van der Waals surface area contributed by atoms with Crippen molar-refractivity contribution >= 4 is 0 Å². The van der Waals surface area contributed by atoms with E-state index in [2.05, 4.69) is 25.8 Å². The van der Waals surface area contributed by atoms with Crippen molar-refractivity contribution in [1.82, 2.24) is 4.90 Å². The lowest BCUT2D eigenvalue weighted by Gasteiger charge is -2.31. The number of rotatable bonds is 9. The average Bonchev–Trinajstić information content (AvgIpc) is 2.19. The van der Waals surface area contributed by atoms with Crippen molar-refractivity contribution in [2.45, 2.75) is 51.7 Å².